The first-order valence-electron chi connectivity index (χ1n) is 7.09. The van der Waals surface area contributed by atoms with Crippen LogP contribution in [0.15, 0.2) is 23.1 Å². The van der Waals surface area contributed by atoms with Gasteiger partial charge < -0.3 is 0 Å². The normalized spacial score (nSPS) is 23.8. The average Bonchev–Trinajstić information content (AvgIpc) is 2.42. The van der Waals surface area contributed by atoms with E-state index in [1.165, 1.54) is 0 Å². The van der Waals surface area contributed by atoms with Crippen LogP contribution in [0.3, 0.4) is 0 Å². The standard InChI is InChI=1S/C15H22ClNO2S/c1-11-7-8-14(9-12(11)2)20(18,19)17-15-6-4-3-5-13(15)10-16/h7-9,13,15,17H,3-6,10H2,1-2H3. The molecular weight excluding hydrogens is 294 g/mol. The maximum atomic E-state index is 12.5. The number of aryl methyl sites for hydroxylation is 2. The van der Waals surface area contributed by atoms with Crippen molar-refractivity contribution in [3.05, 3.63) is 29.3 Å². The van der Waals surface area contributed by atoms with Crippen LogP contribution in [-0.2, 0) is 10.0 Å². The number of hydrogen-bond donors (Lipinski definition) is 1. The molecule has 2 unspecified atom stereocenters. The first-order valence-corrected chi connectivity index (χ1v) is 9.11. The molecule has 1 aromatic rings. The predicted molar refractivity (Wildman–Crippen MR) is 82.7 cm³/mol. The number of nitrogens with one attached hydrogen (secondary N) is 1. The van der Waals surface area contributed by atoms with Crippen LogP contribution >= 0.6 is 11.6 Å². The molecular formula is C15H22ClNO2S. The number of hydrogen-bond acceptors (Lipinski definition) is 2. The number of rotatable bonds is 4. The molecule has 0 aromatic heterocycles. The highest BCUT2D eigenvalue weighted by molar-refractivity contribution is 7.89. The Morgan fingerprint density at radius 2 is 1.90 bits per heavy atom. The van der Waals surface area contributed by atoms with Gasteiger partial charge in [0.05, 0.1) is 4.90 Å². The van der Waals surface area contributed by atoms with Crippen molar-refractivity contribution >= 4 is 21.6 Å². The summed E-state index contributed by atoms with van der Waals surface area (Å²) in [4.78, 5) is 0.347. The second-order valence-corrected chi connectivity index (χ2v) is 7.70. The van der Waals surface area contributed by atoms with E-state index in [0.717, 1.165) is 36.8 Å². The second-order valence-electron chi connectivity index (χ2n) is 5.67. The summed E-state index contributed by atoms with van der Waals surface area (Å²) in [6.07, 6.45) is 4.08. The maximum absolute atomic E-state index is 12.5. The van der Waals surface area contributed by atoms with Gasteiger partial charge in [0.15, 0.2) is 0 Å². The Morgan fingerprint density at radius 3 is 2.55 bits per heavy atom. The van der Waals surface area contributed by atoms with Gasteiger partial charge in [-0.25, -0.2) is 13.1 Å². The van der Waals surface area contributed by atoms with Crippen LogP contribution in [-0.4, -0.2) is 20.3 Å². The fraction of sp³-hybridized carbons (Fsp3) is 0.600. The van der Waals surface area contributed by atoms with Crippen molar-refractivity contribution in [2.45, 2.75) is 50.5 Å². The zero-order valence-electron chi connectivity index (χ0n) is 12.0. The van der Waals surface area contributed by atoms with Gasteiger partial charge in [-0.15, -0.1) is 11.6 Å². The largest absolute Gasteiger partial charge is 0.240 e. The minimum atomic E-state index is -3.45. The highest BCUT2D eigenvalue weighted by Gasteiger charge is 2.28. The molecule has 1 aliphatic carbocycles. The Morgan fingerprint density at radius 1 is 1.20 bits per heavy atom. The lowest BCUT2D eigenvalue weighted by Gasteiger charge is -2.30. The second kappa shape index (κ2) is 6.46. The Hall–Kier alpha value is -0.580. The predicted octanol–water partition coefficient (Wildman–Crippen LogP) is 3.38. The minimum absolute atomic E-state index is 0.0344. The van der Waals surface area contributed by atoms with Gasteiger partial charge >= 0.3 is 0 Å². The van der Waals surface area contributed by atoms with Crippen molar-refractivity contribution in [1.82, 2.24) is 4.72 Å². The third kappa shape index (κ3) is 3.54. The Bertz CT molecular complexity index is 571. The lowest BCUT2D eigenvalue weighted by atomic mass is 9.86. The highest BCUT2D eigenvalue weighted by Crippen LogP contribution is 2.27. The Labute approximate surface area is 126 Å². The first-order chi connectivity index (χ1) is 9.44. The molecule has 5 heteroatoms. The van der Waals surface area contributed by atoms with E-state index in [1.54, 1.807) is 12.1 Å². The Balaban J connectivity index is 2.19. The quantitative estimate of drug-likeness (QED) is 0.866. The molecule has 0 radical (unpaired) electrons. The number of sulfonamides is 1. The van der Waals surface area contributed by atoms with E-state index in [2.05, 4.69) is 4.72 Å². The number of alkyl halides is 1. The molecule has 0 amide bonds. The highest BCUT2D eigenvalue weighted by atomic mass is 35.5. The Kier molecular flexibility index (Phi) is 5.10. The average molecular weight is 316 g/mol. The van der Waals surface area contributed by atoms with E-state index >= 15 is 0 Å². The van der Waals surface area contributed by atoms with Gasteiger partial charge in [0, 0.05) is 11.9 Å². The van der Waals surface area contributed by atoms with Crippen LogP contribution in [0.2, 0.25) is 0 Å². The first kappa shape index (κ1) is 15.8. The molecule has 1 aromatic carbocycles. The molecule has 0 heterocycles. The fourth-order valence-corrected chi connectivity index (χ4v) is 4.49. The molecule has 1 N–H and O–H groups in total. The van der Waals surface area contributed by atoms with Gasteiger partial charge in [-0.3, -0.25) is 0 Å². The molecule has 0 saturated heterocycles. The summed E-state index contributed by atoms with van der Waals surface area (Å²) in [7, 11) is -3.45. The summed E-state index contributed by atoms with van der Waals surface area (Å²) >= 11 is 5.96. The smallest absolute Gasteiger partial charge is 0.208 e. The molecule has 2 atom stereocenters. The maximum Gasteiger partial charge on any atom is 0.240 e. The minimum Gasteiger partial charge on any atom is -0.208 e. The molecule has 1 fully saturated rings. The zero-order valence-corrected chi connectivity index (χ0v) is 13.6. The molecule has 0 aliphatic heterocycles. The number of halogens is 1. The van der Waals surface area contributed by atoms with E-state index in [-0.39, 0.29) is 12.0 Å². The molecule has 2 rings (SSSR count). The van der Waals surface area contributed by atoms with Gasteiger partial charge in [0.25, 0.3) is 0 Å². The monoisotopic (exact) mass is 315 g/mol. The van der Waals surface area contributed by atoms with Gasteiger partial charge in [-0.2, -0.15) is 0 Å². The summed E-state index contributed by atoms with van der Waals surface area (Å²) in [6.45, 7) is 3.90. The SMILES string of the molecule is Cc1ccc(S(=O)(=O)NC2CCCCC2CCl)cc1C. The van der Waals surface area contributed by atoms with E-state index < -0.39 is 10.0 Å². The topological polar surface area (TPSA) is 46.2 Å². The molecule has 3 nitrogen and oxygen atoms in total. The van der Waals surface area contributed by atoms with Crippen molar-refractivity contribution < 1.29 is 8.42 Å². The van der Waals surface area contributed by atoms with E-state index in [9.17, 15) is 8.42 Å². The lowest BCUT2D eigenvalue weighted by molar-refractivity contribution is 0.314. The van der Waals surface area contributed by atoms with Crippen molar-refractivity contribution in [1.29, 1.82) is 0 Å². The van der Waals surface area contributed by atoms with Gasteiger partial charge in [-0.05, 0) is 55.9 Å². The zero-order chi connectivity index (χ0) is 14.8. The van der Waals surface area contributed by atoms with Crippen molar-refractivity contribution in [2.75, 3.05) is 5.88 Å². The van der Waals surface area contributed by atoms with Gasteiger partial charge in [-0.1, -0.05) is 18.9 Å². The number of benzene rings is 1. The van der Waals surface area contributed by atoms with Gasteiger partial charge in [0.1, 0.15) is 0 Å². The van der Waals surface area contributed by atoms with Crippen LogP contribution in [0.1, 0.15) is 36.8 Å². The third-order valence-corrected chi connectivity index (χ3v) is 6.09. The molecule has 1 saturated carbocycles. The van der Waals surface area contributed by atoms with Crippen LogP contribution < -0.4 is 4.72 Å². The van der Waals surface area contributed by atoms with Crippen LogP contribution in [0, 0.1) is 19.8 Å². The summed E-state index contributed by atoms with van der Waals surface area (Å²) in [6, 6.07) is 5.22. The van der Waals surface area contributed by atoms with E-state index in [1.807, 2.05) is 19.9 Å². The molecule has 112 valence electrons. The van der Waals surface area contributed by atoms with Crippen LogP contribution in [0.4, 0.5) is 0 Å². The van der Waals surface area contributed by atoms with Crippen LogP contribution in [0.5, 0.6) is 0 Å². The van der Waals surface area contributed by atoms with Gasteiger partial charge in [0.2, 0.25) is 10.0 Å². The fourth-order valence-electron chi connectivity index (χ4n) is 2.70. The van der Waals surface area contributed by atoms with E-state index in [0.29, 0.717) is 10.8 Å². The molecule has 20 heavy (non-hydrogen) atoms. The lowest BCUT2D eigenvalue weighted by Crippen LogP contribution is -2.42. The van der Waals surface area contributed by atoms with Crippen molar-refractivity contribution in [3.63, 3.8) is 0 Å². The van der Waals surface area contributed by atoms with Crippen molar-refractivity contribution in [3.8, 4) is 0 Å². The van der Waals surface area contributed by atoms with Crippen LogP contribution in [0.25, 0.3) is 0 Å². The third-order valence-electron chi connectivity index (χ3n) is 4.20. The summed E-state index contributed by atoms with van der Waals surface area (Å²) in [5.41, 5.74) is 2.09. The summed E-state index contributed by atoms with van der Waals surface area (Å²) in [5.74, 6) is 0.756. The summed E-state index contributed by atoms with van der Waals surface area (Å²) < 4.78 is 27.8. The van der Waals surface area contributed by atoms with Crippen molar-refractivity contribution in [2.24, 2.45) is 5.92 Å². The molecule has 0 bridgehead atoms. The molecule has 0 spiro atoms. The molecule has 1 aliphatic rings. The summed E-state index contributed by atoms with van der Waals surface area (Å²) in [5, 5.41) is 0. The van der Waals surface area contributed by atoms with E-state index in [4.69, 9.17) is 11.6 Å².